The van der Waals surface area contributed by atoms with Crippen molar-refractivity contribution in [2.75, 3.05) is 13.2 Å². The molecule has 0 aliphatic heterocycles. The van der Waals surface area contributed by atoms with Crippen LogP contribution in [0.25, 0.3) is 0 Å². The molecule has 1 atom stereocenters. The number of rotatable bonds is 52. The fraction of sp³-hybridized carbons (Fsp3) is 0.703. The highest BCUT2D eigenvalue weighted by Crippen LogP contribution is 2.16. The van der Waals surface area contributed by atoms with Gasteiger partial charge in [0.1, 0.15) is 13.2 Å². The predicted octanol–water partition coefficient (Wildman–Crippen LogP) is 19.7. The maximum Gasteiger partial charge on any atom is 0.306 e. The van der Waals surface area contributed by atoms with E-state index in [0.717, 1.165) is 89.9 Å². The summed E-state index contributed by atoms with van der Waals surface area (Å²) in [4.78, 5) is 38.0. The van der Waals surface area contributed by atoms with Crippen LogP contribution in [-0.4, -0.2) is 37.2 Å². The third kappa shape index (κ3) is 55.3. The molecule has 6 nitrogen and oxygen atoms in total. The molecule has 0 aliphatic carbocycles. The molecule has 6 heteroatoms. The minimum atomic E-state index is -0.812. The zero-order chi connectivity index (χ0) is 50.7. The van der Waals surface area contributed by atoms with E-state index in [2.05, 4.69) is 106 Å². The zero-order valence-corrected chi connectivity index (χ0v) is 45.8. The maximum atomic E-state index is 12.8. The van der Waals surface area contributed by atoms with Crippen molar-refractivity contribution in [3.05, 3.63) is 97.2 Å². The largest absolute Gasteiger partial charge is 0.462 e. The average molecular weight is 974 g/mol. The summed E-state index contributed by atoms with van der Waals surface area (Å²) in [5.41, 5.74) is 0. The van der Waals surface area contributed by atoms with E-state index in [1.54, 1.807) is 0 Å². The summed E-state index contributed by atoms with van der Waals surface area (Å²) >= 11 is 0. The Bertz CT molecular complexity index is 1400. The van der Waals surface area contributed by atoms with Crippen molar-refractivity contribution in [2.24, 2.45) is 0 Å². The second-order valence-corrected chi connectivity index (χ2v) is 19.1. The van der Waals surface area contributed by atoms with Crippen LogP contribution in [0, 0.1) is 0 Å². The van der Waals surface area contributed by atoms with Crippen molar-refractivity contribution in [1.82, 2.24) is 0 Å². The first-order chi connectivity index (χ1) is 34.5. The normalized spacial score (nSPS) is 12.8. The third-order valence-corrected chi connectivity index (χ3v) is 12.3. The van der Waals surface area contributed by atoms with Crippen LogP contribution in [0.3, 0.4) is 0 Å². The van der Waals surface area contributed by atoms with Gasteiger partial charge in [-0.15, -0.1) is 0 Å². The Morgan fingerprint density at radius 3 is 0.929 bits per heavy atom. The lowest BCUT2D eigenvalue weighted by Gasteiger charge is -2.18. The van der Waals surface area contributed by atoms with Gasteiger partial charge in [-0.25, -0.2) is 0 Å². The Kier molecular flexibility index (Phi) is 54.9. The second-order valence-electron chi connectivity index (χ2n) is 19.1. The van der Waals surface area contributed by atoms with E-state index in [0.29, 0.717) is 19.3 Å². The number of esters is 3. The van der Waals surface area contributed by atoms with E-state index < -0.39 is 6.10 Å². The Morgan fingerprint density at radius 1 is 0.300 bits per heavy atom. The lowest BCUT2D eigenvalue weighted by molar-refractivity contribution is -0.166. The summed E-state index contributed by atoms with van der Waals surface area (Å²) in [7, 11) is 0. The molecule has 70 heavy (non-hydrogen) atoms. The molecule has 0 heterocycles. The van der Waals surface area contributed by atoms with E-state index in [9.17, 15) is 14.4 Å². The molecule has 0 amide bonds. The molecule has 1 unspecified atom stereocenters. The average Bonchev–Trinajstić information content (AvgIpc) is 3.36. The van der Waals surface area contributed by atoms with E-state index in [-0.39, 0.29) is 37.5 Å². The van der Waals surface area contributed by atoms with E-state index in [1.807, 2.05) is 12.2 Å². The molecule has 0 aromatic heterocycles. The van der Waals surface area contributed by atoms with Gasteiger partial charge in [0.05, 0.1) is 0 Å². The molecule has 0 aromatic rings. The highest BCUT2D eigenvalue weighted by molar-refractivity contribution is 5.71. The van der Waals surface area contributed by atoms with Gasteiger partial charge in [-0.3, -0.25) is 14.4 Å². The molecule has 0 fully saturated rings. The quantitative estimate of drug-likeness (QED) is 0.0262. The fourth-order valence-electron chi connectivity index (χ4n) is 8.04. The first-order valence-corrected chi connectivity index (χ1v) is 29.2. The molecule has 0 saturated heterocycles. The minimum absolute atomic E-state index is 0.103. The molecule has 0 bridgehead atoms. The Hall–Kier alpha value is -3.67. The van der Waals surface area contributed by atoms with Crippen LogP contribution < -0.4 is 0 Å². The fourth-order valence-corrected chi connectivity index (χ4v) is 8.04. The van der Waals surface area contributed by atoms with Gasteiger partial charge in [0, 0.05) is 19.3 Å². The molecule has 400 valence electrons. The van der Waals surface area contributed by atoms with E-state index >= 15 is 0 Å². The first-order valence-electron chi connectivity index (χ1n) is 29.2. The zero-order valence-electron chi connectivity index (χ0n) is 45.8. The van der Waals surface area contributed by atoms with Crippen molar-refractivity contribution in [3.63, 3.8) is 0 Å². The number of carbonyl (C=O) groups is 3. The second kappa shape index (κ2) is 57.9. The monoisotopic (exact) mass is 973 g/mol. The molecule has 0 N–H and O–H groups in total. The van der Waals surface area contributed by atoms with Crippen LogP contribution in [0.2, 0.25) is 0 Å². The SMILES string of the molecule is CC/C=C\C/C=C\C/C=C\C/C=C\CCCCCCCCCCCCCCCCCCC(=O)OCC(COC(=O)CCCCCCCCCCCC)OC(=O)CC/C=C\C/C=C\C/C=C\C/C=C\CC. The van der Waals surface area contributed by atoms with Crippen molar-refractivity contribution in [1.29, 1.82) is 0 Å². The molecule has 0 radical (unpaired) electrons. The predicted molar refractivity (Wildman–Crippen MR) is 302 cm³/mol. The number of ether oxygens (including phenoxy) is 3. The Morgan fingerprint density at radius 2 is 0.586 bits per heavy atom. The van der Waals surface area contributed by atoms with Crippen molar-refractivity contribution in [3.8, 4) is 0 Å². The Balaban J connectivity index is 4.18. The van der Waals surface area contributed by atoms with E-state index in [4.69, 9.17) is 14.2 Å². The van der Waals surface area contributed by atoms with Crippen LogP contribution >= 0.6 is 0 Å². The van der Waals surface area contributed by atoms with Crippen molar-refractivity contribution < 1.29 is 28.6 Å². The summed E-state index contributed by atoms with van der Waals surface area (Å²) in [6, 6.07) is 0. The number of hydrogen-bond acceptors (Lipinski definition) is 6. The Labute approximate surface area is 432 Å². The highest BCUT2D eigenvalue weighted by Gasteiger charge is 2.19. The van der Waals surface area contributed by atoms with Gasteiger partial charge in [0.25, 0.3) is 0 Å². The molecule has 0 spiro atoms. The topological polar surface area (TPSA) is 78.9 Å². The number of allylic oxidation sites excluding steroid dienone is 16. The number of carbonyl (C=O) groups excluding carboxylic acids is 3. The number of unbranched alkanes of at least 4 members (excludes halogenated alkanes) is 25. The lowest BCUT2D eigenvalue weighted by Crippen LogP contribution is -2.30. The molecule has 0 aliphatic rings. The third-order valence-electron chi connectivity index (χ3n) is 12.3. The molecular formula is C64H108O6. The summed E-state index contributed by atoms with van der Waals surface area (Å²) in [5.74, 6) is -0.983. The first kappa shape index (κ1) is 66.3. The van der Waals surface area contributed by atoms with Gasteiger partial charge in [0.2, 0.25) is 0 Å². The van der Waals surface area contributed by atoms with Crippen LogP contribution in [0.4, 0.5) is 0 Å². The molecule has 0 aromatic carbocycles. The maximum absolute atomic E-state index is 12.8. The molecule has 0 saturated carbocycles. The summed E-state index contributed by atoms with van der Waals surface area (Å²) in [5, 5.41) is 0. The van der Waals surface area contributed by atoms with Gasteiger partial charge in [-0.2, -0.15) is 0 Å². The van der Waals surface area contributed by atoms with Crippen LogP contribution in [0.1, 0.15) is 271 Å². The highest BCUT2D eigenvalue weighted by atomic mass is 16.6. The summed E-state index contributed by atoms with van der Waals surface area (Å²) in [6.45, 7) is 6.34. The van der Waals surface area contributed by atoms with Gasteiger partial charge >= 0.3 is 17.9 Å². The van der Waals surface area contributed by atoms with Crippen molar-refractivity contribution >= 4 is 17.9 Å². The number of hydrogen-bond donors (Lipinski definition) is 0. The van der Waals surface area contributed by atoms with Gasteiger partial charge in [-0.05, 0) is 83.5 Å². The van der Waals surface area contributed by atoms with Crippen LogP contribution in [-0.2, 0) is 28.6 Å². The summed E-state index contributed by atoms with van der Waals surface area (Å²) < 4.78 is 16.7. The minimum Gasteiger partial charge on any atom is -0.462 e. The van der Waals surface area contributed by atoms with Crippen molar-refractivity contribution in [2.45, 2.75) is 277 Å². The van der Waals surface area contributed by atoms with Gasteiger partial charge < -0.3 is 14.2 Å². The molecule has 0 rings (SSSR count). The smallest absolute Gasteiger partial charge is 0.306 e. The molecular weight excluding hydrogens is 865 g/mol. The lowest BCUT2D eigenvalue weighted by atomic mass is 10.0. The summed E-state index contributed by atoms with van der Waals surface area (Å²) in [6.07, 6.45) is 77.3. The van der Waals surface area contributed by atoms with Crippen LogP contribution in [0.5, 0.6) is 0 Å². The van der Waals surface area contributed by atoms with Gasteiger partial charge in [-0.1, -0.05) is 266 Å². The van der Waals surface area contributed by atoms with Gasteiger partial charge in [0.15, 0.2) is 6.10 Å². The van der Waals surface area contributed by atoms with Crippen LogP contribution in [0.15, 0.2) is 97.2 Å². The standard InChI is InChI=1S/C64H108O6/c1-4-7-10-13-16-19-22-24-25-26-27-28-29-30-31-32-33-34-35-36-37-38-39-41-42-45-48-51-54-57-63(66)69-60-61(59-68-62(65)56-53-50-47-44-21-18-15-12-9-6-3)70-64(67)58-55-52-49-46-43-40-23-20-17-14-11-8-5-2/h7-8,10-11,16-17,19-20,24-25,27-28,40,43,49,52,61H,4-6,9,12-15,18,21-23,26,29-39,41-42,44-48,50-51,53-60H2,1-3H3/b10-7-,11-8-,19-16-,20-17-,25-24-,28-27-,43-40-,52-49-. The van der Waals surface area contributed by atoms with E-state index in [1.165, 1.54) is 135 Å².